The van der Waals surface area contributed by atoms with E-state index in [-0.39, 0.29) is 22.5 Å². The van der Waals surface area contributed by atoms with Crippen molar-refractivity contribution < 1.29 is 9.90 Å². The summed E-state index contributed by atoms with van der Waals surface area (Å²) in [6, 6.07) is 18.2. The normalized spacial score (nSPS) is 10.7. The Morgan fingerprint density at radius 3 is 2.25 bits per heavy atom. The Bertz CT molecular complexity index is 895. The summed E-state index contributed by atoms with van der Waals surface area (Å²) in [4.78, 5) is 16.0. The van der Waals surface area contributed by atoms with Crippen LogP contribution in [0.4, 0.5) is 10.8 Å². The van der Waals surface area contributed by atoms with E-state index >= 15 is 0 Å². The summed E-state index contributed by atoms with van der Waals surface area (Å²) in [6.45, 7) is 1.86. The van der Waals surface area contributed by atoms with Crippen molar-refractivity contribution in [2.45, 2.75) is 19.3 Å². The van der Waals surface area contributed by atoms with Crippen molar-refractivity contribution in [3.05, 3.63) is 71.4 Å². The molecule has 7 heteroatoms. The van der Waals surface area contributed by atoms with Crippen LogP contribution in [-0.4, -0.2) is 29.1 Å². The lowest BCUT2D eigenvalue weighted by Gasteiger charge is -2.07. The van der Waals surface area contributed by atoms with E-state index in [0.717, 1.165) is 37.3 Å². The fourth-order valence-corrected chi connectivity index (χ4v) is 3.41. The second-order valence-corrected chi connectivity index (χ2v) is 7.47. The van der Waals surface area contributed by atoms with Crippen molar-refractivity contribution in [2.24, 2.45) is 0 Å². The van der Waals surface area contributed by atoms with Gasteiger partial charge in [-0.1, -0.05) is 53.8 Å². The molecule has 5 N–H and O–H groups in total. The molecule has 0 saturated carbocycles. The number of anilines is 2. The van der Waals surface area contributed by atoms with Gasteiger partial charge in [-0.05, 0) is 49.2 Å². The molecule has 146 valence electrons. The van der Waals surface area contributed by atoms with E-state index in [4.69, 9.17) is 5.73 Å². The molecule has 2 aromatic carbocycles. The Morgan fingerprint density at radius 1 is 1.00 bits per heavy atom. The minimum Gasteiger partial charge on any atom is -0.498 e. The SMILES string of the molecule is Nc1nc(CC(=O)Nc2ccc(CCNCCc3ccccc3)cc2)c(O)s1. The standard InChI is InChI=1S/C21H24N4O2S/c22-21-25-18(20(27)28-21)14-19(26)24-17-8-6-16(7-9-17)11-13-23-12-10-15-4-2-1-3-5-15/h1-9,23,27H,10-14H2,(H2,22,25)(H,24,26). The Hall–Kier alpha value is -2.90. The number of benzene rings is 2. The lowest BCUT2D eigenvalue weighted by Crippen LogP contribution is -2.20. The van der Waals surface area contributed by atoms with Gasteiger partial charge in [0.05, 0.1) is 6.42 Å². The highest BCUT2D eigenvalue weighted by Gasteiger charge is 2.13. The van der Waals surface area contributed by atoms with Gasteiger partial charge < -0.3 is 21.5 Å². The van der Waals surface area contributed by atoms with Crippen LogP contribution in [-0.2, 0) is 24.1 Å². The highest BCUT2D eigenvalue weighted by molar-refractivity contribution is 7.17. The number of rotatable bonds is 9. The molecule has 0 aliphatic rings. The third-order valence-corrected chi connectivity index (χ3v) is 5.01. The Kier molecular flexibility index (Phi) is 7.00. The number of nitrogen functional groups attached to an aromatic ring is 1. The predicted molar refractivity (Wildman–Crippen MR) is 114 cm³/mol. The molecule has 0 unspecified atom stereocenters. The molecule has 0 aliphatic carbocycles. The molecule has 1 amide bonds. The van der Waals surface area contributed by atoms with Crippen LogP contribution in [0.3, 0.4) is 0 Å². The van der Waals surface area contributed by atoms with Gasteiger partial charge in [0.15, 0.2) is 10.2 Å². The molecule has 6 nitrogen and oxygen atoms in total. The smallest absolute Gasteiger partial charge is 0.230 e. The van der Waals surface area contributed by atoms with Gasteiger partial charge >= 0.3 is 0 Å². The lowest BCUT2D eigenvalue weighted by atomic mass is 10.1. The van der Waals surface area contributed by atoms with Gasteiger partial charge in [0, 0.05) is 5.69 Å². The van der Waals surface area contributed by atoms with Crippen molar-refractivity contribution in [1.82, 2.24) is 10.3 Å². The molecule has 28 heavy (non-hydrogen) atoms. The zero-order valence-electron chi connectivity index (χ0n) is 15.5. The lowest BCUT2D eigenvalue weighted by molar-refractivity contribution is -0.115. The number of carbonyl (C=O) groups is 1. The number of nitrogens with zero attached hydrogens (tertiary/aromatic N) is 1. The average molecular weight is 397 g/mol. The molecule has 0 spiro atoms. The monoisotopic (exact) mass is 396 g/mol. The van der Waals surface area contributed by atoms with Crippen molar-refractivity contribution >= 4 is 28.1 Å². The molecule has 3 rings (SSSR count). The van der Waals surface area contributed by atoms with E-state index in [2.05, 4.69) is 39.9 Å². The maximum atomic E-state index is 12.1. The second-order valence-electron chi connectivity index (χ2n) is 6.46. The van der Waals surface area contributed by atoms with Crippen LogP contribution in [0.2, 0.25) is 0 Å². The van der Waals surface area contributed by atoms with E-state index < -0.39 is 0 Å². The van der Waals surface area contributed by atoms with E-state index in [1.165, 1.54) is 11.1 Å². The van der Waals surface area contributed by atoms with Crippen LogP contribution >= 0.6 is 11.3 Å². The van der Waals surface area contributed by atoms with E-state index in [9.17, 15) is 9.90 Å². The number of aromatic hydroxyl groups is 1. The molecular formula is C21H24N4O2S. The summed E-state index contributed by atoms with van der Waals surface area (Å²) in [7, 11) is 0. The zero-order valence-corrected chi connectivity index (χ0v) is 16.3. The van der Waals surface area contributed by atoms with Gasteiger partial charge in [0.1, 0.15) is 5.69 Å². The van der Waals surface area contributed by atoms with Crippen LogP contribution in [0, 0.1) is 0 Å². The molecule has 0 saturated heterocycles. The number of carbonyl (C=O) groups excluding carboxylic acids is 1. The number of amides is 1. The van der Waals surface area contributed by atoms with Crippen molar-refractivity contribution in [3.8, 4) is 5.06 Å². The van der Waals surface area contributed by atoms with Gasteiger partial charge in [0.2, 0.25) is 5.91 Å². The number of nitrogens with one attached hydrogen (secondary N) is 2. The highest BCUT2D eigenvalue weighted by Crippen LogP contribution is 2.27. The van der Waals surface area contributed by atoms with E-state index in [1.807, 2.05) is 30.3 Å². The van der Waals surface area contributed by atoms with Gasteiger partial charge in [-0.2, -0.15) is 0 Å². The molecule has 0 radical (unpaired) electrons. The topological polar surface area (TPSA) is 100 Å². The number of hydrogen-bond donors (Lipinski definition) is 4. The van der Waals surface area contributed by atoms with Crippen molar-refractivity contribution in [1.29, 1.82) is 0 Å². The molecule has 0 atom stereocenters. The van der Waals surface area contributed by atoms with Crippen LogP contribution in [0.5, 0.6) is 5.06 Å². The fraction of sp³-hybridized carbons (Fsp3) is 0.238. The number of thiazole rings is 1. The minimum absolute atomic E-state index is 0.00732. The molecule has 3 aromatic rings. The van der Waals surface area contributed by atoms with Gasteiger partial charge in [0.25, 0.3) is 0 Å². The molecular weight excluding hydrogens is 372 g/mol. The number of aromatic nitrogens is 1. The molecule has 1 heterocycles. The zero-order chi connectivity index (χ0) is 19.8. The number of nitrogens with two attached hydrogens (primary N) is 1. The fourth-order valence-electron chi connectivity index (χ4n) is 2.82. The van der Waals surface area contributed by atoms with Crippen LogP contribution in [0.25, 0.3) is 0 Å². The first-order valence-electron chi connectivity index (χ1n) is 9.18. The molecule has 0 fully saturated rings. The predicted octanol–water partition coefficient (Wildman–Crippen LogP) is 2.99. The van der Waals surface area contributed by atoms with Gasteiger partial charge in [-0.15, -0.1) is 0 Å². The summed E-state index contributed by atoms with van der Waals surface area (Å²) < 4.78 is 0. The van der Waals surface area contributed by atoms with E-state index in [1.54, 1.807) is 0 Å². The van der Waals surface area contributed by atoms with Crippen molar-refractivity contribution in [3.63, 3.8) is 0 Å². The summed E-state index contributed by atoms with van der Waals surface area (Å²) in [5, 5.41) is 16.2. The van der Waals surface area contributed by atoms with Crippen LogP contribution in [0.15, 0.2) is 54.6 Å². The van der Waals surface area contributed by atoms with Crippen molar-refractivity contribution in [2.75, 3.05) is 24.1 Å². The summed E-state index contributed by atoms with van der Waals surface area (Å²) in [5.74, 6) is -0.240. The number of hydrogen-bond acceptors (Lipinski definition) is 6. The van der Waals surface area contributed by atoms with Gasteiger partial charge in [-0.25, -0.2) is 4.98 Å². The summed E-state index contributed by atoms with van der Waals surface area (Å²) in [5.41, 5.74) is 9.08. The third-order valence-electron chi connectivity index (χ3n) is 4.28. The van der Waals surface area contributed by atoms with E-state index in [0.29, 0.717) is 11.4 Å². The maximum Gasteiger partial charge on any atom is 0.230 e. The first kappa shape index (κ1) is 19.9. The molecule has 1 aromatic heterocycles. The maximum absolute atomic E-state index is 12.1. The van der Waals surface area contributed by atoms with Gasteiger partial charge in [-0.3, -0.25) is 4.79 Å². The first-order valence-corrected chi connectivity index (χ1v) is 9.99. The van der Waals surface area contributed by atoms with Crippen LogP contribution in [0.1, 0.15) is 16.8 Å². The minimum atomic E-state index is -0.240. The summed E-state index contributed by atoms with van der Waals surface area (Å²) in [6.07, 6.45) is 1.94. The van der Waals surface area contributed by atoms with Crippen LogP contribution < -0.4 is 16.4 Å². The largest absolute Gasteiger partial charge is 0.498 e. The summed E-state index contributed by atoms with van der Waals surface area (Å²) >= 11 is 0.965. The quantitative estimate of drug-likeness (QED) is 0.417. The Morgan fingerprint density at radius 2 is 1.64 bits per heavy atom. The second kappa shape index (κ2) is 9.87. The highest BCUT2D eigenvalue weighted by atomic mass is 32.1. The molecule has 0 bridgehead atoms. The molecule has 0 aliphatic heterocycles. The third kappa shape index (κ3) is 6.07. The first-order chi connectivity index (χ1) is 13.6. The Labute approximate surface area is 168 Å². The Balaban J connectivity index is 1.38. The average Bonchev–Trinajstić information content (AvgIpc) is 3.00.